The van der Waals surface area contributed by atoms with Crippen molar-refractivity contribution in [1.82, 2.24) is 4.90 Å². The van der Waals surface area contributed by atoms with Crippen LogP contribution in [0.5, 0.6) is 11.5 Å². The second-order valence-electron chi connectivity index (χ2n) is 8.42. The Morgan fingerprint density at radius 1 is 1.00 bits per heavy atom. The fourth-order valence-corrected chi connectivity index (χ4v) is 4.56. The second-order valence-corrected chi connectivity index (χ2v) is 8.42. The maximum atomic E-state index is 12.4. The topological polar surface area (TPSA) is 51.2 Å². The Bertz CT molecular complexity index is 865. The Balaban J connectivity index is 1.24. The Morgan fingerprint density at radius 3 is 2.45 bits per heavy atom. The molecule has 0 aromatic heterocycles. The molecule has 0 N–H and O–H groups in total. The molecule has 1 amide bonds. The van der Waals surface area contributed by atoms with Crippen LogP contribution in [0.3, 0.4) is 0 Å². The molecule has 2 aromatic carbocycles. The third kappa shape index (κ3) is 5.31. The van der Waals surface area contributed by atoms with E-state index in [0.29, 0.717) is 18.0 Å². The SMILES string of the molecule is COc1ccc(N2CC(CCN3CCC(Cc4ccccc4)CC3)OC2=O)cc1OC. The van der Waals surface area contributed by atoms with Crippen molar-refractivity contribution in [2.24, 2.45) is 5.92 Å². The van der Waals surface area contributed by atoms with Gasteiger partial charge in [0, 0.05) is 12.6 Å². The highest BCUT2D eigenvalue weighted by Crippen LogP contribution is 2.33. The summed E-state index contributed by atoms with van der Waals surface area (Å²) in [5, 5.41) is 0. The van der Waals surface area contributed by atoms with Crippen LogP contribution in [-0.2, 0) is 11.2 Å². The first-order valence-corrected chi connectivity index (χ1v) is 11.1. The molecular formula is C25H32N2O4. The van der Waals surface area contributed by atoms with E-state index in [0.717, 1.165) is 37.7 Å². The molecule has 31 heavy (non-hydrogen) atoms. The number of likely N-dealkylation sites (tertiary alicyclic amines) is 1. The van der Waals surface area contributed by atoms with Gasteiger partial charge in [0.15, 0.2) is 11.5 Å². The average molecular weight is 425 g/mol. The molecule has 0 radical (unpaired) electrons. The Hall–Kier alpha value is -2.73. The molecule has 2 saturated heterocycles. The van der Waals surface area contributed by atoms with E-state index in [1.54, 1.807) is 19.1 Å². The highest BCUT2D eigenvalue weighted by molar-refractivity contribution is 5.90. The normalized spacial score (nSPS) is 20.0. The van der Waals surface area contributed by atoms with Crippen molar-refractivity contribution in [2.45, 2.75) is 31.8 Å². The van der Waals surface area contributed by atoms with Gasteiger partial charge in [0.25, 0.3) is 0 Å². The number of nitrogens with zero attached hydrogens (tertiary/aromatic N) is 2. The number of carbonyl (C=O) groups is 1. The number of ether oxygens (including phenoxy) is 3. The van der Waals surface area contributed by atoms with E-state index in [4.69, 9.17) is 14.2 Å². The van der Waals surface area contributed by atoms with Crippen LogP contribution in [0.4, 0.5) is 10.5 Å². The molecule has 0 saturated carbocycles. The van der Waals surface area contributed by atoms with Gasteiger partial charge in [-0.15, -0.1) is 0 Å². The zero-order valence-electron chi connectivity index (χ0n) is 18.5. The van der Waals surface area contributed by atoms with Crippen LogP contribution < -0.4 is 14.4 Å². The number of cyclic esters (lactones) is 1. The van der Waals surface area contributed by atoms with Gasteiger partial charge in [0.2, 0.25) is 0 Å². The summed E-state index contributed by atoms with van der Waals surface area (Å²) in [6, 6.07) is 16.3. The first kappa shape index (κ1) is 21.5. The van der Waals surface area contributed by atoms with E-state index in [9.17, 15) is 4.79 Å². The van der Waals surface area contributed by atoms with Crippen LogP contribution in [0, 0.1) is 5.92 Å². The minimum Gasteiger partial charge on any atom is -0.493 e. The molecule has 6 nitrogen and oxygen atoms in total. The Morgan fingerprint density at radius 2 is 1.74 bits per heavy atom. The molecular weight excluding hydrogens is 392 g/mol. The van der Waals surface area contributed by atoms with Crippen molar-refractivity contribution >= 4 is 11.8 Å². The van der Waals surface area contributed by atoms with Gasteiger partial charge in [0.05, 0.1) is 26.5 Å². The van der Waals surface area contributed by atoms with Gasteiger partial charge in [-0.05, 0) is 62.4 Å². The second kappa shape index (κ2) is 10.1. The van der Waals surface area contributed by atoms with E-state index in [1.165, 1.54) is 24.8 Å². The largest absolute Gasteiger partial charge is 0.493 e. The molecule has 2 aromatic rings. The Kier molecular flexibility index (Phi) is 6.97. The van der Waals surface area contributed by atoms with Crippen LogP contribution in [0.15, 0.2) is 48.5 Å². The summed E-state index contributed by atoms with van der Waals surface area (Å²) in [6.45, 7) is 3.78. The lowest BCUT2D eigenvalue weighted by Crippen LogP contribution is -2.36. The molecule has 2 aliphatic heterocycles. The highest BCUT2D eigenvalue weighted by Gasteiger charge is 2.33. The number of benzene rings is 2. The third-order valence-corrected chi connectivity index (χ3v) is 6.39. The summed E-state index contributed by atoms with van der Waals surface area (Å²) in [5.74, 6) is 2.02. The highest BCUT2D eigenvalue weighted by atomic mass is 16.6. The summed E-state index contributed by atoms with van der Waals surface area (Å²) >= 11 is 0. The molecule has 4 rings (SSSR count). The van der Waals surface area contributed by atoms with Gasteiger partial charge < -0.3 is 19.1 Å². The molecule has 166 valence electrons. The van der Waals surface area contributed by atoms with Crippen molar-refractivity contribution in [3.63, 3.8) is 0 Å². The van der Waals surface area contributed by atoms with Crippen molar-refractivity contribution < 1.29 is 19.0 Å². The number of piperidine rings is 1. The van der Waals surface area contributed by atoms with Crippen molar-refractivity contribution in [2.75, 3.05) is 45.3 Å². The number of methoxy groups -OCH3 is 2. The number of hydrogen-bond donors (Lipinski definition) is 0. The van der Waals surface area contributed by atoms with E-state index in [1.807, 2.05) is 18.2 Å². The van der Waals surface area contributed by atoms with Gasteiger partial charge in [-0.3, -0.25) is 4.90 Å². The summed E-state index contributed by atoms with van der Waals surface area (Å²) in [4.78, 5) is 16.6. The lowest BCUT2D eigenvalue weighted by Gasteiger charge is -2.32. The van der Waals surface area contributed by atoms with Gasteiger partial charge in [-0.25, -0.2) is 4.79 Å². The van der Waals surface area contributed by atoms with Gasteiger partial charge in [-0.1, -0.05) is 30.3 Å². The lowest BCUT2D eigenvalue weighted by atomic mass is 9.90. The van der Waals surface area contributed by atoms with Crippen LogP contribution in [0.25, 0.3) is 0 Å². The van der Waals surface area contributed by atoms with Crippen LogP contribution in [-0.4, -0.2) is 57.5 Å². The van der Waals surface area contributed by atoms with Gasteiger partial charge >= 0.3 is 6.09 Å². The Labute approximate surface area is 184 Å². The average Bonchev–Trinajstić information content (AvgIpc) is 3.19. The minimum absolute atomic E-state index is 0.0809. The number of carbonyl (C=O) groups excluding carboxylic acids is 1. The smallest absolute Gasteiger partial charge is 0.414 e. The lowest BCUT2D eigenvalue weighted by molar-refractivity contribution is 0.116. The fourth-order valence-electron chi connectivity index (χ4n) is 4.56. The van der Waals surface area contributed by atoms with E-state index in [-0.39, 0.29) is 12.2 Å². The van der Waals surface area contributed by atoms with E-state index < -0.39 is 0 Å². The monoisotopic (exact) mass is 424 g/mol. The van der Waals surface area contributed by atoms with Crippen molar-refractivity contribution in [1.29, 1.82) is 0 Å². The number of hydrogen-bond acceptors (Lipinski definition) is 5. The predicted octanol–water partition coefficient (Wildman–Crippen LogP) is 4.37. The molecule has 6 heteroatoms. The van der Waals surface area contributed by atoms with Crippen molar-refractivity contribution in [3.8, 4) is 11.5 Å². The van der Waals surface area contributed by atoms with E-state index in [2.05, 4.69) is 35.2 Å². The molecule has 1 unspecified atom stereocenters. The summed E-state index contributed by atoms with van der Waals surface area (Å²) in [5.41, 5.74) is 2.21. The molecule has 0 aliphatic carbocycles. The zero-order valence-corrected chi connectivity index (χ0v) is 18.5. The van der Waals surface area contributed by atoms with E-state index >= 15 is 0 Å². The molecule has 0 bridgehead atoms. The molecule has 2 aliphatic rings. The molecule has 0 spiro atoms. The minimum atomic E-state index is -0.293. The zero-order chi connectivity index (χ0) is 21.6. The quantitative estimate of drug-likeness (QED) is 0.630. The van der Waals surface area contributed by atoms with Crippen LogP contribution in [0.1, 0.15) is 24.8 Å². The van der Waals surface area contributed by atoms with Crippen LogP contribution in [0.2, 0.25) is 0 Å². The van der Waals surface area contributed by atoms with Crippen LogP contribution >= 0.6 is 0 Å². The number of amides is 1. The molecule has 2 heterocycles. The standard InChI is InChI=1S/C25H32N2O4/c1-29-23-9-8-21(17-24(23)30-2)27-18-22(31-25(27)28)12-15-26-13-10-20(11-14-26)16-19-6-4-3-5-7-19/h3-9,17,20,22H,10-16,18H2,1-2H3. The molecule has 1 atom stereocenters. The third-order valence-electron chi connectivity index (χ3n) is 6.39. The van der Waals surface area contributed by atoms with Crippen molar-refractivity contribution in [3.05, 3.63) is 54.1 Å². The maximum absolute atomic E-state index is 12.4. The maximum Gasteiger partial charge on any atom is 0.414 e. The first-order valence-electron chi connectivity index (χ1n) is 11.1. The number of anilines is 1. The number of rotatable bonds is 8. The van der Waals surface area contributed by atoms with Gasteiger partial charge in [-0.2, -0.15) is 0 Å². The summed E-state index contributed by atoms with van der Waals surface area (Å²) in [6.07, 6.45) is 4.13. The van der Waals surface area contributed by atoms with Gasteiger partial charge in [0.1, 0.15) is 6.10 Å². The predicted molar refractivity (Wildman–Crippen MR) is 121 cm³/mol. The summed E-state index contributed by atoms with van der Waals surface area (Å²) < 4.78 is 16.3. The molecule has 2 fully saturated rings. The fraction of sp³-hybridized carbons (Fsp3) is 0.480. The summed E-state index contributed by atoms with van der Waals surface area (Å²) in [7, 11) is 3.19. The first-order chi connectivity index (χ1) is 15.2.